The summed E-state index contributed by atoms with van der Waals surface area (Å²) in [6.07, 6.45) is 0.624. The first-order valence-electron chi connectivity index (χ1n) is 8.18. The van der Waals surface area contributed by atoms with Crippen molar-refractivity contribution in [2.24, 2.45) is 0 Å². The molecule has 0 atom stereocenters. The molecule has 7 nitrogen and oxygen atoms in total. The van der Waals surface area contributed by atoms with E-state index in [0.717, 1.165) is 16.1 Å². The van der Waals surface area contributed by atoms with Crippen LogP contribution in [-0.2, 0) is 28.9 Å². The summed E-state index contributed by atoms with van der Waals surface area (Å²) in [5, 5.41) is 11.9. The second-order valence-electron chi connectivity index (χ2n) is 6.99. The minimum absolute atomic E-state index is 0.0914. The summed E-state index contributed by atoms with van der Waals surface area (Å²) in [7, 11) is 0. The predicted molar refractivity (Wildman–Crippen MR) is 95.6 cm³/mol. The third-order valence-electron chi connectivity index (χ3n) is 3.76. The van der Waals surface area contributed by atoms with Gasteiger partial charge in [0.25, 0.3) is 0 Å². The molecule has 1 aliphatic rings. The molecule has 0 spiro atoms. The Bertz CT molecular complexity index is 761. The number of carbonyl (C=O) groups is 2. The van der Waals surface area contributed by atoms with Crippen LogP contribution in [0.1, 0.15) is 36.9 Å². The molecule has 0 saturated carbocycles. The van der Waals surface area contributed by atoms with Crippen molar-refractivity contribution >= 4 is 29.2 Å². The number of ether oxygens (including phenoxy) is 1. The highest BCUT2D eigenvalue weighted by molar-refractivity contribution is 7.10. The average Bonchev–Trinajstić information content (AvgIpc) is 3.15. The van der Waals surface area contributed by atoms with E-state index < -0.39 is 5.60 Å². The Morgan fingerprint density at radius 1 is 1.44 bits per heavy atom. The molecule has 0 saturated heterocycles. The summed E-state index contributed by atoms with van der Waals surface area (Å²) in [5.41, 5.74) is 1.27. The molecule has 0 radical (unpaired) electrons. The number of nitrogens with zero attached hydrogens (tertiary/aromatic N) is 2. The van der Waals surface area contributed by atoms with E-state index in [0.29, 0.717) is 31.7 Å². The molecule has 0 unspecified atom stereocenters. The molecule has 2 aromatic rings. The molecule has 25 heavy (non-hydrogen) atoms. The first-order chi connectivity index (χ1) is 11.8. The van der Waals surface area contributed by atoms with Crippen molar-refractivity contribution in [3.63, 3.8) is 0 Å². The maximum atomic E-state index is 12.2. The van der Waals surface area contributed by atoms with Crippen LogP contribution in [0.15, 0.2) is 17.5 Å². The molecule has 0 bridgehead atoms. The van der Waals surface area contributed by atoms with Crippen molar-refractivity contribution in [2.45, 2.75) is 45.8 Å². The van der Waals surface area contributed by atoms with Crippen LogP contribution in [0.4, 0.5) is 10.6 Å². The number of amides is 2. The Hall–Kier alpha value is -2.35. The van der Waals surface area contributed by atoms with Gasteiger partial charge in [0.2, 0.25) is 5.91 Å². The Morgan fingerprint density at radius 3 is 2.92 bits per heavy atom. The highest BCUT2D eigenvalue weighted by Gasteiger charge is 2.28. The lowest BCUT2D eigenvalue weighted by Gasteiger charge is -2.29. The number of thiophene rings is 1. The Balaban J connectivity index is 1.62. The summed E-state index contributed by atoms with van der Waals surface area (Å²) < 4.78 is 5.41. The van der Waals surface area contributed by atoms with Crippen LogP contribution < -0.4 is 5.32 Å². The molecule has 0 fully saturated rings. The summed E-state index contributed by atoms with van der Waals surface area (Å²) in [6.45, 7) is 6.47. The van der Waals surface area contributed by atoms with Gasteiger partial charge >= 0.3 is 6.09 Å². The minimum Gasteiger partial charge on any atom is -0.444 e. The third kappa shape index (κ3) is 4.39. The fourth-order valence-corrected chi connectivity index (χ4v) is 3.35. The normalized spacial score (nSPS) is 14.1. The number of nitrogens with one attached hydrogen (secondary N) is 2. The van der Waals surface area contributed by atoms with Gasteiger partial charge in [-0.1, -0.05) is 6.07 Å². The first-order valence-corrected chi connectivity index (χ1v) is 9.06. The lowest BCUT2D eigenvalue weighted by atomic mass is 10.1. The fraction of sp³-hybridized carbons (Fsp3) is 0.471. The Labute approximate surface area is 150 Å². The van der Waals surface area contributed by atoms with E-state index in [1.165, 1.54) is 0 Å². The van der Waals surface area contributed by atoms with E-state index in [1.807, 2.05) is 38.3 Å². The van der Waals surface area contributed by atoms with Gasteiger partial charge in [-0.25, -0.2) is 4.79 Å². The van der Waals surface area contributed by atoms with Crippen molar-refractivity contribution < 1.29 is 14.3 Å². The zero-order chi connectivity index (χ0) is 18.0. The lowest BCUT2D eigenvalue weighted by molar-refractivity contribution is -0.115. The quantitative estimate of drug-likeness (QED) is 0.879. The summed E-state index contributed by atoms with van der Waals surface area (Å²) >= 11 is 1.55. The number of hydrogen-bond acceptors (Lipinski definition) is 5. The Kier molecular flexibility index (Phi) is 4.80. The molecule has 3 heterocycles. The second-order valence-corrected chi connectivity index (χ2v) is 8.02. The number of anilines is 1. The maximum Gasteiger partial charge on any atom is 0.410 e. The van der Waals surface area contributed by atoms with Gasteiger partial charge in [-0.05, 0) is 38.6 Å². The maximum absolute atomic E-state index is 12.2. The van der Waals surface area contributed by atoms with Crippen LogP contribution in [0.3, 0.4) is 0 Å². The molecular weight excluding hydrogens is 340 g/mol. The van der Waals surface area contributed by atoms with Gasteiger partial charge in [-0.2, -0.15) is 5.10 Å². The molecular formula is C17H22N4O3S. The van der Waals surface area contributed by atoms with Gasteiger partial charge in [0.15, 0.2) is 5.82 Å². The van der Waals surface area contributed by atoms with Gasteiger partial charge in [0.1, 0.15) is 5.60 Å². The number of H-pyrrole nitrogens is 1. The zero-order valence-electron chi connectivity index (χ0n) is 14.6. The summed E-state index contributed by atoms with van der Waals surface area (Å²) in [6, 6.07) is 3.86. The van der Waals surface area contributed by atoms with Gasteiger partial charge in [-0.15, -0.1) is 11.3 Å². The average molecular weight is 362 g/mol. The van der Waals surface area contributed by atoms with Crippen molar-refractivity contribution in [2.75, 3.05) is 11.9 Å². The minimum atomic E-state index is -0.522. The monoisotopic (exact) mass is 362 g/mol. The van der Waals surface area contributed by atoms with E-state index in [9.17, 15) is 9.59 Å². The largest absolute Gasteiger partial charge is 0.444 e. The SMILES string of the molecule is CC(C)(C)OC(=O)N1CCc2c(NC(=O)Cc3cccs3)n[nH]c2C1. The number of hydrogen-bond donors (Lipinski definition) is 2. The number of aromatic amines is 1. The van der Waals surface area contributed by atoms with E-state index in [1.54, 1.807) is 16.2 Å². The van der Waals surface area contributed by atoms with Crippen LogP contribution in [0.25, 0.3) is 0 Å². The molecule has 3 rings (SSSR count). The molecule has 2 aromatic heterocycles. The van der Waals surface area contributed by atoms with E-state index in [4.69, 9.17) is 4.74 Å². The van der Waals surface area contributed by atoms with Crippen molar-refractivity contribution in [1.82, 2.24) is 15.1 Å². The van der Waals surface area contributed by atoms with Crippen LogP contribution in [0.2, 0.25) is 0 Å². The number of aromatic nitrogens is 2. The number of carbonyl (C=O) groups excluding carboxylic acids is 2. The highest BCUT2D eigenvalue weighted by atomic mass is 32.1. The van der Waals surface area contributed by atoms with Crippen LogP contribution in [-0.4, -0.2) is 39.2 Å². The van der Waals surface area contributed by atoms with Gasteiger partial charge in [0, 0.05) is 17.0 Å². The predicted octanol–water partition coefficient (Wildman–Crippen LogP) is 2.95. The molecule has 1 aliphatic heterocycles. The van der Waals surface area contributed by atoms with E-state index in [2.05, 4.69) is 15.5 Å². The third-order valence-corrected chi connectivity index (χ3v) is 4.63. The van der Waals surface area contributed by atoms with Crippen LogP contribution >= 0.6 is 11.3 Å². The molecule has 8 heteroatoms. The summed E-state index contributed by atoms with van der Waals surface area (Å²) in [4.78, 5) is 27.0. The van der Waals surface area contributed by atoms with Crippen molar-refractivity contribution in [3.8, 4) is 0 Å². The van der Waals surface area contributed by atoms with Crippen molar-refractivity contribution in [3.05, 3.63) is 33.6 Å². The fourth-order valence-electron chi connectivity index (χ4n) is 2.65. The standard InChI is InChI=1S/C17H22N4O3S/c1-17(2,3)24-16(23)21-7-6-12-13(10-21)19-20-15(12)18-14(22)9-11-5-4-8-25-11/h4-5,8H,6-7,9-10H2,1-3H3,(H2,18,19,20,22). The second kappa shape index (κ2) is 6.87. The zero-order valence-corrected chi connectivity index (χ0v) is 15.4. The van der Waals surface area contributed by atoms with Crippen molar-refractivity contribution in [1.29, 1.82) is 0 Å². The number of fused-ring (bicyclic) bond motifs is 1. The molecule has 0 aliphatic carbocycles. The highest BCUT2D eigenvalue weighted by Crippen LogP contribution is 2.25. The van der Waals surface area contributed by atoms with Crippen LogP contribution in [0, 0.1) is 0 Å². The Morgan fingerprint density at radius 2 is 2.24 bits per heavy atom. The van der Waals surface area contributed by atoms with E-state index in [-0.39, 0.29) is 12.0 Å². The first kappa shape index (κ1) is 17.5. The molecule has 0 aromatic carbocycles. The molecule has 2 N–H and O–H groups in total. The summed E-state index contributed by atoms with van der Waals surface area (Å²) in [5.74, 6) is 0.465. The topological polar surface area (TPSA) is 87.3 Å². The molecule has 134 valence electrons. The lowest BCUT2D eigenvalue weighted by Crippen LogP contribution is -2.40. The molecule has 2 amide bonds. The van der Waals surface area contributed by atoms with Crippen LogP contribution in [0.5, 0.6) is 0 Å². The van der Waals surface area contributed by atoms with Gasteiger partial charge < -0.3 is 15.0 Å². The van der Waals surface area contributed by atoms with E-state index >= 15 is 0 Å². The smallest absolute Gasteiger partial charge is 0.410 e. The van der Waals surface area contributed by atoms with Gasteiger partial charge in [-0.3, -0.25) is 9.89 Å². The number of rotatable bonds is 3. The van der Waals surface area contributed by atoms with Gasteiger partial charge in [0.05, 0.1) is 18.7 Å².